The van der Waals surface area contributed by atoms with Crippen LogP contribution in [-0.4, -0.2) is 37.7 Å². The fourth-order valence-corrected chi connectivity index (χ4v) is 2.83. The van der Waals surface area contributed by atoms with E-state index < -0.39 is 6.61 Å². The van der Waals surface area contributed by atoms with Crippen LogP contribution >= 0.6 is 0 Å². The summed E-state index contributed by atoms with van der Waals surface area (Å²) in [5.41, 5.74) is 0.694. The number of furan rings is 1. The van der Waals surface area contributed by atoms with Crippen LogP contribution in [0.25, 0.3) is 0 Å². The van der Waals surface area contributed by atoms with Crippen LogP contribution in [-0.2, 0) is 0 Å². The topological polar surface area (TPSA) is 37.6 Å². The van der Waals surface area contributed by atoms with Gasteiger partial charge in [0.15, 0.2) is 0 Å². The molecule has 1 aliphatic heterocycles. The molecule has 1 fully saturated rings. The lowest BCUT2D eigenvalue weighted by Gasteiger charge is -2.34. The molecule has 3 rings (SSSR count). The number of piperazine rings is 1. The van der Waals surface area contributed by atoms with Crippen LogP contribution in [0.3, 0.4) is 0 Å². The van der Waals surface area contributed by atoms with Crippen LogP contribution in [0.2, 0.25) is 0 Å². The van der Waals surface area contributed by atoms with Gasteiger partial charge >= 0.3 is 6.61 Å². The van der Waals surface area contributed by atoms with Gasteiger partial charge in [-0.15, -0.1) is 0 Å². The Morgan fingerprint density at radius 3 is 2.55 bits per heavy atom. The Bertz CT molecular complexity index is 584. The molecule has 2 heterocycles. The Kier molecular flexibility index (Phi) is 4.70. The third kappa shape index (κ3) is 3.28. The van der Waals surface area contributed by atoms with Crippen LogP contribution in [0.5, 0.6) is 5.75 Å². The third-order valence-corrected chi connectivity index (χ3v) is 3.76. The number of hydrogen-bond acceptors (Lipinski definition) is 4. The van der Waals surface area contributed by atoms with E-state index in [0.29, 0.717) is 5.56 Å². The molecule has 1 N–H and O–H groups in total. The number of nitrogens with one attached hydrogen (secondary N) is 1. The highest BCUT2D eigenvalue weighted by molar-refractivity contribution is 5.39. The van der Waals surface area contributed by atoms with Gasteiger partial charge < -0.3 is 14.5 Å². The molecule has 0 radical (unpaired) electrons. The van der Waals surface area contributed by atoms with Crippen molar-refractivity contribution in [1.29, 1.82) is 0 Å². The van der Waals surface area contributed by atoms with E-state index in [1.54, 1.807) is 24.5 Å². The minimum absolute atomic E-state index is 0.192. The molecule has 1 aromatic carbocycles. The van der Waals surface area contributed by atoms with Gasteiger partial charge in [0.05, 0.1) is 12.3 Å². The average Bonchev–Trinajstić information content (AvgIpc) is 3.04. The predicted octanol–water partition coefficient (Wildman–Crippen LogP) is 2.88. The van der Waals surface area contributed by atoms with E-state index in [9.17, 15) is 8.78 Å². The highest BCUT2D eigenvalue weighted by Gasteiger charge is 2.29. The van der Waals surface area contributed by atoms with Crippen molar-refractivity contribution >= 4 is 0 Å². The predicted molar refractivity (Wildman–Crippen MR) is 78.1 cm³/mol. The quantitative estimate of drug-likeness (QED) is 0.921. The first-order valence-electron chi connectivity index (χ1n) is 7.27. The van der Waals surface area contributed by atoms with Crippen molar-refractivity contribution in [3.05, 3.63) is 54.0 Å². The smallest absolute Gasteiger partial charge is 0.387 e. The van der Waals surface area contributed by atoms with Crippen molar-refractivity contribution in [1.82, 2.24) is 10.2 Å². The monoisotopic (exact) mass is 308 g/mol. The van der Waals surface area contributed by atoms with Crippen LogP contribution in [0.4, 0.5) is 8.78 Å². The number of halogens is 2. The zero-order valence-corrected chi connectivity index (χ0v) is 12.0. The second-order valence-corrected chi connectivity index (χ2v) is 5.12. The Morgan fingerprint density at radius 2 is 1.86 bits per heavy atom. The van der Waals surface area contributed by atoms with Crippen LogP contribution < -0.4 is 10.1 Å². The Hall–Kier alpha value is -1.92. The van der Waals surface area contributed by atoms with Gasteiger partial charge in [0.1, 0.15) is 11.5 Å². The third-order valence-electron chi connectivity index (χ3n) is 3.76. The van der Waals surface area contributed by atoms with E-state index in [-0.39, 0.29) is 11.8 Å². The van der Waals surface area contributed by atoms with Gasteiger partial charge in [-0.3, -0.25) is 4.90 Å². The van der Waals surface area contributed by atoms with Crippen molar-refractivity contribution in [2.24, 2.45) is 0 Å². The lowest BCUT2D eigenvalue weighted by molar-refractivity contribution is -0.0511. The van der Waals surface area contributed by atoms with Gasteiger partial charge in [0.25, 0.3) is 0 Å². The summed E-state index contributed by atoms with van der Waals surface area (Å²) in [6.45, 7) is 0.494. The number of ether oxygens (including phenoxy) is 1. The molecule has 0 amide bonds. The molecule has 2 aromatic rings. The zero-order chi connectivity index (χ0) is 15.4. The molecular weight excluding hydrogens is 290 g/mol. The molecule has 22 heavy (non-hydrogen) atoms. The first kappa shape index (κ1) is 15.0. The minimum Gasteiger partial charge on any atom is -0.467 e. The van der Waals surface area contributed by atoms with Gasteiger partial charge in [-0.25, -0.2) is 0 Å². The highest BCUT2D eigenvalue weighted by Crippen LogP contribution is 2.35. The molecule has 1 saturated heterocycles. The number of para-hydroxylation sites is 1. The molecule has 0 saturated carbocycles. The fraction of sp³-hybridized carbons (Fsp3) is 0.375. The maximum atomic E-state index is 12.7. The van der Waals surface area contributed by atoms with E-state index in [1.165, 1.54) is 0 Å². The molecule has 0 unspecified atom stereocenters. The summed E-state index contributed by atoms with van der Waals surface area (Å²) < 4.78 is 35.6. The summed E-state index contributed by atoms with van der Waals surface area (Å²) in [4.78, 5) is 2.21. The zero-order valence-electron chi connectivity index (χ0n) is 12.0. The summed E-state index contributed by atoms with van der Waals surface area (Å²) in [6.07, 6.45) is 1.60. The first-order valence-corrected chi connectivity index (χ1v) is 7.27. The fourth-order valence-electron chi connectivity index (χ4n) is 2.83. The molecule has 6 heteroatoms. The van der Waals surface area contributed by atoms with Gasteiger partial charge in [0.2, 0.25) is 0 Å². The second kappa shape index (κ2) is 6.89. The summed E-state index contributed by atoms with van der Waals surface area (Å²) in [5, 5.41) is 3.29. The van der Waals surface area contributed by atoms with Crippen molar-refractivity contribution in [2.75, 3.05) is 26.2 Å². The molecule has 1 atom stereocenters. The molecular formula is C16H18F2N2O2. The van der Waals surface area contributed by atoms with E-state index in [0.717, 1.165) is 31.9 Å². The molecule has 4 nitrogen and oxygen atoms in total. The van der Waals surface area contributed by atoms with Gasteiger partial charge in [-0.1, -0.05) is 18.2 Å². The van der Waals surface area contributed by atoms with Crippen molar-refractivity contribution in [3.63, 3.8) is 0 Å². The number of rotatable bonds is 5. The van der Waals surface area contributed by atoms with Crippen molar-refractivity contribution < 1.29 is 17.9 Å². The van der Waals surface area contributed by atoms with Crippen LogP contribution in [0, 0.1) is 0 Å². The normalized spacial score (nSPS) is 17.6. The molecule has 0 bridgehead atoms. The lowest BCUT2D eigenvalue weighted by Crippen LogP contribution is -2.45. The number of hydrogen-bond donors (Lipinski definition) is 1. The molecule has 0 spiro atoms. The summed E-state index contributed by atoms with van der Waals surface area (Å²) in [5.74, 6) is 0.921. The van der Waals surface area contributed by atoms with Crippen molar-refractivity contribution in [2.45, 2.75) is 12.7 Å². The second-order valence-electron chi connectivity index (χ2n) is 5.12. The van der Waals surface area contributed by atoms with E-state index in [2.05, 4.69) is 10.2 Å². The average molecular weight is 308 g/mol. The van der Waals surface area contributed by atoms with E-state index >= 15 is 0 Å². The SMILES string of the molecule is FC(F)Oc1ccccc1[C@@H](c1ccco1)N1CCNCC1. The molecule has 1 aliphatic rings. The highest BCUT2D eigenvalue weighted by atomic mass is 19.3. The largest absolute Gasteiger partial charge is 0.467 e. The molecule has 118 valence electrons. The van der Waals surface area contributed by atoms with E-state index in [1.807, 2.05) is 18.2 Å². The van der Waals surface area contributed by atoms with Crippen molar-refractivity contribution in [3.8, 4) is 5.75 Å². The lowest BCUT2D eigenvalue weighted by atomic mass is 10.0. The van der Waals surface area contributed by atoms with Gasteiger partial charge in [-0.2, -0.15) is 8.78 Å². The Balaban J connectivity index is 1.98. The Labute approximate surface area is 127 Å². The summed E-state index contributed by atoms with van der Waals surface area (Å²) >= 11 is 0. The van der Waals surface area contributed by atoms with Gasteiger partial charge in [0, 0.05) is 31.7 Å². The number of alkyl halides is 2. The van der Waals surface area contributed by atoms with Crippen LogP contribution in [0.1, 0.15) is 17.4 Å². The standard InChI is InChI=1S/C16H18F2N2O2/c17-16(18)22-13-5-2-1-4-12(13)15(14-6-3-11-21-14)20-9-7-19-8-10-20/h1-6,11,15-16,19H,7-10H2/t15-/m0/s1. The molecule has 0 aliphatic carbocycles. The number of benzene rings is 1. The van der Waals surface area contributed by atoms with Gasteiger partial charge in [-0.05, 0) is 18.2 Å². The maximum absolute atomic E-state index is 12.7. The molecule has 1 aromatic heterocycles. The summed E-state index contributed by atoms with van der Waals surface area (Å²) in [7, 11) is 0. The Morgan fingerprint density at radius 1 is 1.09 bits per heavy atom. The van der Waals surface area contributed by atoms with Crippen LogP contribution in [0.15, 0.2) is 47.1 Å². The maximum Gasteiger partial charge on any atom is 0.387 e. The van der Waals surface area contributed by atoms with E-state index in [4.69, 9.17) is 9.15 Å². The summed E-state index contributed by atoms with van der Waals surface area (Å²) in [6, 6.07) is 10.3. The first-order chi connectivity index (χ1) is 10.8. The number of nitrogens with zero attached hydrogens (tertiary/aromatic N) is 1. The minimum atomic E-state index is -2.85.